The molecule has 21 heavy (non-hydrogen) atoms. The number of nitrogens with one attached hydrogen (secondary N) is 1. The van der Waals surface area contributed by atoms with E-state index in [1.54, 1.807) is 17.1 Å². The summed E-state index contributed by atoms with van der Waals surface area (Å²) in [5.41, 5.74) is 10.3. The summed E-state index contributed by atoms with van der Waals surface area (Å²) >= 11 is 0. The van der Waals surface area contributed by atoms with Crippen molar-refractivity contribution in [1.29, 1.82) is 0 Å². The Kier molecular flexibility index (Phi) is 3.64. The molecule has 1 aliphatic rings. The Morgan fingerprint density at radius 3 is 3.05 bits per heavy atom. The quantitative estimate of drug-likeness (QED) is 0.882. The summed E-state index contributed by atoms with van der Waals surface area (Å²) < 4.78 is 1.54. The Balaban J connectivity index is 1.69. The number of hydrogen-bond donors (Lipinski definition) is 2. The number of primary amides is 1. The molecule has 0 saturated heterocycles. The van der Waals surface area contributed by atoms with Crippen LogP contribution in [0.1, 0.15) is 36.1 Å². The number of aromatic nitrogens is 2. The molecule has 1 atom stereocenters. The van der Waals surface area contributed by atoms with Crippen LogP contribution in [0.15, 0.2) is 30.6 Å². The number of carbonyl (C=O) groups excluding carboxylic acids is 1. The molecular weight excluding hydrogens is 264 g/mol. The summed E-state index contributed by atoms with van der Waals surface area (Å²) in [5, 5.41) is 7.52. The summed E-state index contributed by atoms with van der Waals surface area (Å²) in [4.78, 5) is 10.9. The van der Waals surface area contributed by atoms with E-state index in [-0.39, 0.29) is 12.6 Å². The average Bonchev–Trinajstić information content (AvgIpc) is 3.06. The van der Waals surface area contributed by atoms with Crippen molar-refractivity contribution in [2.75, 3.05) is 5.32 Å². The molecule has 1 aromatic heterocycles. The predicted octanol–water partition coefficient (Wildman–Crippen LogP) is 2.03. The fourth-order valence-corrected chi connectivity index (χ4v) is 2.88. The van der Waals surface area contributed by atoms with E-state index in [4.69, 9.17) is 5.73 Å². The highest BCUT2D eigenvalue weighted by Gasteiger charge is 2.14. The van der Waals surface area contributed by atoms with Crippen LogP contribution in [0.2, 0.25) is 0 Å². The maximum Gasteiger partial charge on any atom is 0.239 e. The van der Waals surface area contributed by atoms with Crippen LogP contribution < -0.4 is 11.1 Å². The predicted molar refractivity (Wildman–Crippen MR) is 81.9 cm³/mol. The number of rotatable bonds is 5. The van der Waals surface area contributed by atoms with Crippen LogP contribution in [0, 0.1) is 0 Å². The van der Waals surface area contributed by atoms with Gasteiger partial charge in [-0.2, -0.15) is 5.10 Å². The molecule has 5 nitrogen and oxygen atoms in total. The number of nitrogens with zero attached hydrogens (tertiary/aromatic N) is 2. The maximum absolute atomic E-state index is 10.9. The minimum absolute atomic E-state index is 0.106. The standard InChI is InChI=1S/C16H20N4O/c1-11(13-6-5-12-3-2-4-14(12)7-13)19-15-8-18-20(9-15)10-16(17)21/h5-9,11,19H,2-4,10H2,1H3,(H2,17,21). The van der Waals surface area contributed by atoms with Gasteiger partial charge in [0.25, 0.3) is 0 Å². The van der Waals surface area contributed by atoms with Crippen LogP contribution in [0.5, 0.6) is 0 Å². The minimum atomic E-state index is -0.392. The number of fused-ring (bicyclic) bond motifs is 1. The molecule has 1 aliphatic carbocycles. The van der Waals surface area contributed by atoms with E-state index < -0.39 is 5.91 Å². The monoisotopic (exact) mass is 284 g/mol. The van der Waals surface area contributed by atoms with Gasteiger partial charge in [-0.3, -0.25) is 9.48 Å². The molecule has 1 unspecified atom stereocenters. The molecule has 2 aromatic rings. The smallest absolute Gasteiger partial charge is 0.239 e. The highest BCUT2D eigenvalue weighted by molar-refractivity contribution is 5.73. The van der Waals surface area contributed by atoms with Gasteiger partial charge >= 0.3 is 0 Å². The van der Waals surface area contributed by atoms with E-state index >= 15 is 0 Å². The number of carbonyl (C=O) groups is 1. The van der Waals surface area contributed by atoms with Gasteiger partial charge in [0.05, 0.1) is 11.9 Å². The first-order valence-electron chi connectivity index (χ1n) is 7.31. The fraction of sp³-hybridized carbons (Fsp3) is 0.375. The molecule has 0 fully saturated rings. The molecular formula is C16H20N4O. The van der Waals surface area contributed by atoms with Crippen LogP contribution in [0.4, 0.5) is 5.69 Å². The van der Waals surface area contributed by atoms with Crippen molar-refractivity contribution in [3.63, 3.8) is 0 Å². The van der Waals surface area contributed by atoms with E-state index in [0.29, 0.717) is 0 Å². The van der Waals surface area contributed by atoms with Gasteiger partial charge in [0, 0.05) is 12.2 Å². The van der Waals surface area contributed by atoms with Gasteiger partial charge in [0.15, 0.2) is 0 Å². The lowest BCUT2D eigenvalue weighted by Crippen LogP contribution is -2.18. The van der Waals surface area contributed by atoms with Gasteiger partial charge in [-0.05, 0) is 42.9 Å². The third-order valence-corrected chi connectivity index (χ3v) is 3.96. The van der Waals surface area contributed by atoms with E-state index in [0.717, 1.165) is 5.69 Å². The molecule has 3 N–H and O–H groups in total. The fourth-order valence-electron chi connectivity index (χ4n) is 2.88. The first-order chi connectivity index (χ1) is 10.1. The second kappa shape index (κ2) is 5.60. The van der Waals surface area contributed by atoms with Crippen molar-refractivity contribution >= 4 is 11.6 Å². The normalized spacial score (nSPS) is 14.7. The largest absolute Gasteiger partial charge is 0.376 e. The zero-order valence-electron chi connectivity index (χ0n) is 12.2. The highest BCUT2D eigenvalue weighted by atomic mass is 16.1. The maximum atomic E-state index is 10.9. The number of benzene rings is 1. The van der Waals surface area contributed by atoms with Crippen LogP contribution in [0.3, 0.4) is 0 Å². The third-order valence-electron chi connectivity index (χ3n) is 3.96. The van der Waals surface area contributed by atoms with E-state index in [9.17, 15) is 4.79 Å². The lowest BCUT2D eigenvalue weighted by atomic mass is 10.0. The number of anilines is 1. The molecule has 0 spiro atoms. The van der Waals surface area contributed by atoms with Crippen LogP contribution in [0.25, 0.3) is 0 Å². The second-order valence-corrected chi connectivity index (χ2v) is 5.64. The number of hydrogen-bond acceptors (Lipinski definition) is 3. The highest BCUT2D eigenvalue weighted by Crippen LogP contribution is 2.26. The Hall–Kier alpha value is -2.30. The molecule has 110 valence electrons. The first kappa shape index (κ1) is 13.7. The molecule has 0 radical (unpaired) electrons. The van der Waals surface area contributed by atoms with Crippen LogP contribution in [-0.4, -0.2) is 15.7 Å². The lowest BCUT2D eigenvalue weighted by molar-refractivity contribution is -0.118. The lowest BCUT2D eigenvalue weighted by Gasteiger charge is -2.15. The zero-order valence-corrected chi connectivity index (χ0v) is 12.2. The van der Waals surface area contributed by atoms with Gasteiger partial charge in [0.2, 0.25) is 5.91 Å². The van der Waals surface area contributed by atoms with E-state index in [1.165, 1.54) is 36.0 Å². The van der Waals surface area contributed by atoms with Crippen molar-refractivity contribution < 1.29 is 4.79 Å². The Morgan fingerprint density at radius 2 is 2.24 bits per heavy atom. The number of nitrogens with two attached hydrogens (primary N) is 1. The molecule has 0 aliphatic heterocycles. The molecule has 5 heteroatoms. The molecule has 1 amide bonds. The van der Waals surface area contributed by atoms with Gasteiger partial charge in [0.1, 0.15) is 6.54 Å². The Morgan fingerprint density at radius 1 is 1.43 bits per heavy atom. The summed E-state index contributed by atoms with van der Waals surface area (Å²) in [6.45, 7) is 2.23. The summed E-state index contributed by atoms with van der Waals surface area (Å²) in [6, 6.07) is 6.93. The Bertz CT molecular complexity index is 662. The zero-order chi connectivity index (χ0) is 14.8. The minimum Gasteiger partial charge on any atom is -0.376 e. The second-order valence-electron chi connectivity index (χ2n) is 5.64. The van der Waals surface area contributed by atoms with Crippen molar-refractivity contribution in [2.45, 2.75) is 38.8 Å². The SMILES string of the molecule is CC(Nc1cnn(CC(N)=O)c1)c1ccc2c(c1)CCC2. The summed E-state index contributed by atoms with van der Waals surface area (Å²) in [7, 11) is 0. The molecule has 0 bridgehead atoms. The van der Waals surface area contributed by atoms with Gasteiger partial charge < -0.3 is 11.1 Å². The van der Waals surface area contributed by atoms with E-state index in [1.807, 2.05) is 0 Å². The van der Waals surface area contributed by atoms with Gasteiger partial charge in [-0.15, -0.1) is 0 Å². The molecule has 3 rings (SSSR count). The van der Waals surface area contributed by atoms with Crippen molar-refractivity contribution in [3.8, 4) is 0 Å². The average molecular weight is 284 g/mol. The third kappa shape index (κ3) is 3.07. The number of amides is 1. The molecule has 1 heterocycles. The first-order valence-corrected chi connectivity index (χ1v) is 7.31. The van der Waals surface area contributed by atoms with E-state index in [2.05, 4.69) is 35.5 Å². The number of aryl methyl sites for hydroxylation is 2. The van der Waals surface area contributed by atoms with Crippen LogP contribution >= 0.6 is 0 Å². The topological polar surface area (TPSA) is 72.9 Å². The van der Waals surface area contributed by atoms with Crippen LogP contribution in [-0.2, 0) is 24.2 Å². The van der Waals surface area contributed by atoms with Gasteiger partial charge in [-0.1, -0.05) is 18.2 Å². The Labute approximate surface area is 124 Å². The van der Waals surface area contributed by atoms with Crippen molar-refractivity contribution in [3.05, 3.63) is 47.3 Å². The molecule has 1 aromatic carbocycles. The summed E-state index contributed by atoms with van der Waals surface area (Å²) in [5.74, 6) is -0.392. The van der Waals surface area contributed by atoms with Crippen molar-refractivity contribution in [2.24, 2.45) is 5.73 Å². The van der Waals surface area contributed by atoms with Gasteiger partial charge in [-0.25, -0.2) is 0 Å². The molecule has 0 saturated carbocycles. The summed E-state index contributed by atoms with van der Waals surface area (Å²) in [6.07, 6.45) is 7.17. The van der Waals surface area contributed by atoms with Crippen molar-refractivity contribution in [1.82, 2.24) is 9.78 Å².